The van der Waals surface area contributed by atoms with E-state index in [0.717, 1.165) is 38.4 Å². The van der Waals surface area contributed by atoms with Crippen molar-refractivity contribution in [3.63, 3.8) is 0 Å². The number of nitrogens with zero attached hydrogens (tertiary/aromatic N) is 2. The van der Waals surface area contributed by atoms with Gasteiger partial charge in [0, 0.05) is 31.9 Å². The van der Waals surface area contributed by atoms with Crippen LogP contribution in [0.4, 0.5) is 5.69 Å². The maximum absolute atomic E-state index is 5.78. The van der Waals surface area contributed by atoms with Gasteiger partial charge in [-0.2, -0.15) is 0 Å². The Kier molecular flexibility index (Phi) is 4.58. The van der Waals surface area contributed by atoms with Crippen LogP contribution in [0.5, 0.6) is 0 Å². The lowest BCUT2D eigenvalue weighted by molar-refractivity contribution is 0.158. The zero-order chi connectivity index (χ0) is 14.5. The molecule has 4 nitrogen and oxygen atoms in total. The molecule has 1 aliphatic rings. The van der Waals surface area contributed by atoms with Crippen molar-refractivity contribution < 1.29 is 4.42 Å². The van der Waals surface area contributed by atoms with Crippen LogP contribution < -0.4 is 10.6 Å². The van der Waals surface area contributed by atoms with Gasteiger partial charge in [-0.25, -0.2) is 0 Å². The third-order valence-electron chi connectivity index (χ3n) is 4.19. The molecular weight excluding hydrogens is 262 g/mol. The third-order valence-corrected chi connectivity index (χ3v) is 4.19. The number of hydrogen-bond donors (Lipinski definition) is 1. The van der Waals surface area contributed by atoms with Crippen LogP contribution in [0.2, 0.25) is 0 Å². The summed E-state index contributed by atoms with van der Waals surface area (Å²) in [6.45, 7) is 4.86. The zero-order valence-corrected chi connectivity index (χ0v) is 12.3. The molecule has 1 saturated heterocycles. The molecule has 2 heterocycles. The van der Waals surface area contributed by atoms with Gasteiger partial charge >= 0.3 is 0 Å². The predicted octanol–water partition coefficient (Wildman–Crippen LogP) is 2.49. The summed E-state index contributed by atoms with van der Waals surface area (Å²) in [5.74, 6) is 1.04. The number of furan rings is 1. The van der Waals surface area contributed by atoms with Crippen molar-refractivity contribution in [3.8, 4) is 0 Å². The van der Waals surface area contributed by atoms with E-state index in [1.807, 2.05) is 6.07 Å². The minimum absolute atomic E-state index is 0.308. The number of anilines is 1. The largest absolute Gasteiger partial charge is 0.468 e. The minimum Gasteiger partial charge on any atom is -0.468 e. The van der Waals surface area contributed by atoms with Crippen LogP contribution in [0.15, 0.2) is 53.1 Å². The van der Waals surface area contributed by atoms with E-state index in [0.29, 0.717) is 12.6 Å². The fourth-order valence-corrected chi connectivity index (χ4v) is 3.07. The van der Waals surface area contributed by atoms with Crippen molar-refractivity contribution in [3.05, 3.63) is 54.5 Å². The summed E-state index contributed by atoms with van der Waals surface area (Å²) in [5, 5.41) is 0. The van der Waals surface area contributed by atoms with E-state index in [9.17, 15) is 0 Å². The molecule has 0 amide bonds. The molecule has 4 heteroatoms. The van der Waals surface area contributed by atoms with Gasteiger partial charge in [0.05, 0.1) is 12.3 Å². The fraction of sp³-hybridized carbons (Fsp3) is 0.412. The lowest BCUT2D eigenvalue weighted by Crippen LogP contribution is -2.48. The Morgan fingerprint density at radius 2 is 1.76 bits per heavy atom. The molecule has 0 aliphatic carbocycles. The average Bonchev–Trinajstić information content (AvgIpc) is 3.08. The molecule has 112 valence electrons. The van der Waals surface area contributed by atoms with Gasteiger partial charge < -0.3 is 15.1 Å². The van der Waals surface area contributed by atoms with E-state index in [1.165, 1.54) is 5.69 Å². The van der Waals surface area contributed by atoms with E-state index in [2.05, 4.69) is 46.2 Å². The number of benzene rings is 1. The summed E-state index contributed by atoms with van der Waals surface area (Å²) in [6.07, 6.45) is 2.69. The second-order valence-corrected chi connectivity index (χ2v) is 5.47. The van der Waals surface area contributed by atoms with Crippen molar-refractivity contribution in [1.29, 1.82) is 0 Å². The Morgan fingerprint density at radius 1 is 1.00 bits per heavy atom. The lowest BCUT2D eigenvalue weighted by Gasteiger charge is -2.39. The fourth-order valence-electron chi connectivity index (χ4n) is 3.07. The molecular formula is C17H23N3O. The molecule has 0 radical (unpaired) electrons. The number of nitrogens with two attached hydrogens (primary N) is 1. The molecule has 2 aromatic rings. The van der Waals surface area contributed by atoms with Crippen molar-refractivity contribution in [2.24, 2.45) is 5.73 Å². The highest BCUT2D eigenvalue weighted by Crippen LogP contribution is 2.26. The SMILES string of the molecule is NCCC(c1ccco1)N1CCN(c2ccccc2)CC1. The van der Waals surface area contributed by atoms with Crippen LogP contribution in [0.1, 0.15) is 18.2 Å². The topological polar surface area (TPSA) is 45.6 Å². The first kappa shape index (κ1) is 14.2. The van der Waals surface area contributed by atoms with Crippen molar-refractivity contribution >= 4 is 5.69 Å². The Morgan fingerprint density at radius 3 is 2.38 bits per heavy atom. The lowest BCUT2D eigenvalue weighted by atomic mass is 10.1. The normalized spacial score (nSPS) is 17.9. The molecule has 0 bridgehead atoms. The maximum Gasteiger partial charge on any atom is 0.120 e. The van der Waals surface area contributed by atoms with Gasteiger partial charge in [0.15, 0.2) is 0 Å². The van der Waals surface area contributed by atoms with Crippen molar-refractivity contribution in [1.82, 2.24) is 4.90 Å². The number of rotatable bonds is 5. The third kappa shape index (κ3) is 3.28. The molecule has 0 spiro atoms. The van der Waals surface area contributed by atoms with Gasteiger partial charge in [-0.15, -0.1) is 0 Å². The highest BCUT2D eigenvalue weighted by molar-refractivity contribution is 5.46. The molecule has 0 saturated carbocycles. The Bertz CT molecular complexity index is 518. The molecule has 21 heavy (non-hydrogen) atoms. The first-order valence-corrected chi connectivity index (χ1v) is 7.66. The molecule has 1 aromatic heterocycles. The first-order valence-electron chi connectivity index (χ1n) is 7.66. The molecule has 1 aromatic carbocycles. The summed E-state index contributed by atoms with van der Waals surface area (Å²) < 4.78 is 5.60. The quantitative estimate of drug-likeness (QED) is 0.917. The second-order valence-electron chi connectivity index (χ2n) is 5.47. The van der Waals surface area contributed by atoms with Crippen molar-refractivity contribution in [2.75, 3.05) is 37.6 Å². The first-order chi connectivity index (χ1) is 10.4. The Labute approximate surface area is 126 Å². The summed E-state index contributed by atoms with van der Waals surface area (Å²) >= 11 is 0. The number of piperazine rings is 1. The van der Waals surface area contributed by atoms with Gasteiger partial charge in [-0.05, 0) is 37.2 Å². The smallest absolute Gasteiger partial charge is 0.120 e. The van der Waals surface area contributed by atoms with Gasteiger partial charge in [0.1, 0.15) is 5.76 Å². The van der Waals surface area contributed by atoms with Gasteiger partial charge in [0.25, 0.3) is 0 Å². The summed E-state index contributed by atoms with van der Waals surface area (Å²) in [6, 6.07) is 14.9. The van der Waals surface area contributed by atoms with Gasteiger partial charge in [-0.3, -0.25) is 4.90 Å². The zero-order valence-electron chi connectivity index (χ0n) is 12.3. The van der Waals surface area contributed by atoms with Crippen LogP contribution in [0.25, 0.3) is 0 Å². The standard InChI is InChI=1S/C17H23N3O/c18-9-8-16(17-7-4-14-21-17)20-12-10-19(11-13-20)15-5-2-1-3-6-15/h1-7,14,16H,8-13,18H2. The number of para-hydroxylation sites is 1. The highest BCUT2D eigenvalue weighted by atomic mass is 16.3. The van der Waals surface area contributed by atoms with Crippen LogP contribution >= 0.6 is 0 Å². The summed E-state index contributed by atoms with van der Waals surface area (Å²) in [5.41, 5.74) is 7.09. The van der Waals surface area contributed by atoms with E-state index >= 15 is 0 Å². The van der Waals surface area contributed by atoms with Gasteiger partial charge in [-0.1, -0.05) is 18.2 Å². The van der Waals surface area contributed by atoms with Crippen LogP contribution in [0.3, 0.4) is 0 Å². The molecule has 1 atom stereocenters. The molecule has 2 N–H and O–H groups in total. The maximum atomic E-state index is 5.78. The van der Waals surface area contributed by atoms with E-state index in [4.69, 9.17) is 10.2 Å². The Balaban J connectivity index is 1.64. The Hall–Kier alpha value is -1.78. The predicted molar refractivity (Wildman–Crippen MR) is 85.3 cm³/mol. The molecule has 1 fully saturated rings. The van der Waals surface area contributed by atoms with Crippen LogP contribution in [-0.2, 0) is 0 Å². The number of hydrogen-bond acceptors (Lipinski definition) is 4. The second kappa shape index (κ2) is 6.78. The van der Waals surface area contributed by atoms with E-state index in [-0.39, 0.29) is 0 Å². The van der Waals surface area contributed by atoms with Crippen molar-refractivity contribution in [2.45, 2.75) is 12.5 Å². The van der Waals surface area contributed by atoms with E-state index in [1.54, 1.807) is 6.26 Å². The minimum atomic E-state index is 0.308. The summed E-state index contributed by atoms with van der Waals surface area (Å²) in [4.78, 5) is 4.93. The average molecular weight is 285 g/mol. The van der Waals surface area contributed by atoms with E-state index < -0.39 is 0 Å². The van der Waals surface area contributed by atoms with Crippen LogP contribution in [-0.4, -0.2) is 37.6 Å². The monoisotopic (exact) mass is 285 g/mol. The van der Waals surface area contributed by atoms with Crippen LogP contribution in [0, 0.1) is 0 Å². The highest BCUT2D eigenvalue weighted by Gasteiger charge is 2.26. The van der Waals surface area contributed by atoms with Gasteiger partial charge in [0.2, 0.25) is 0 Å². The molecule has 1 aliphatic heterocycles. The molecule has 1 unspecified atom stereocenters. The molecule has 3 rings (SSSR count). The summed E-state index contributed by atoms with van der Waals surface area (Å²) in [7, 11) is 0.